The Bertz CT molecular complexity index is 385. The van der Waals surface area contributed by atoms with Crippen LogP contribution in [0, 0.1) is 0 Å². The molecule has 6 nitrogen and oxygen atoms in total. The van der Waals surface area contributed by atoms with Gasteiger partial charge in [0.2, 0.25) is 0 Å². The van der Waals surface area contributed by atoms with Crippen LogP contribution >= 0.6 is 0 Å². The maximum absolute atomic E-state index is 5.77. The topological polar surface area (TPSA) is 85.1 Å². The zero-order chi connectivity index (χ0) is 11.0. The maximum atomic E-state index is 5.77. The van der Waals surface area contributed by atoms with Gasteiger partial charge in [-0.1, -0.05) is 0 Å². The van der Waals surface area contributed by atoms with E-state index in [0.717, 1.165) is 18.7 Å². The molecule has 6 heteroatoms. The van der Waals surface area contributed by atoms with E-state index in [4.69, 9.17) is 10.6 Å². The molecule has 2 bridgehead atoms. The Hall–Kier alpha value is -1.40. The van der Waals surface area contributed by atoms with E-state index in [0.29, 0.717) is 24.1 Å². The van der Waals surface area contributed by atoms with Crippen molar-refractivity contribution in [3.05, 3.63) is 12.4 Å². The summed E-state index contributed by atoms with van der Waals surface area (Å²) in [7, 11) is 0. The van der Waals surface area contributed by atoms with Crippen LogP contribution in [0.5, 0.6) is 0 Å². The summed E-state index contributed by atoms with van der Waals surface area (Å²) in [6.45, 7) is 0. The summed E-state index contributed by atoms with van der Waals surface area (Å²) < 4.78 is 5.77. The largest absolute Gasteiger partial charge is 0.373 e. The Labute approximate surface area is 93.6 Å². The van der Waals surface area contributed by atoms with Crippen LogP contribution in [0.15, 0.2) is 12.4 Å². The van der Waals surface area contributed by atoms with E-state index in [2.05, 4.69) is 20.7 Å². The van der Waals surface area contributed by atoms with E-state index in [9.17, 15) is 0 Å². The van der Waals surface area contributed by atoms with E-state index in [1.165, 1.54) is 12.7 Å². The Balaban J connectivity index is 1.69. The molecule has 2 aliphatic heterocycles. The van der Waals surface area contributed by atoms with E-state index in [-0.39, 0.29) is 0 Å². The number of hydrogen-bond donors (Lipinski definition) is 3. The first kappa shape index (κ1) is 9.80. The Morgan fingerprint density at radius 2 is 2.19 bits per heavy atom. The number of rotatable bonds is 3. The number of hydrazine groups is 1. The first-order valence-corrected chi connectivity index (χ1v) is 5.56. The Morgan fingerprint density at radius 1 is 1.31 bits per heavy atom. The van der Waals surface area contributed by atoms with Crippen LogP contribution in [-0.2, 0) is 4.74 Å². The molecule has 86 valence electrons. The van der Waals surface area contributed by atoms with E-state index >= 15 is 0 Å². The van der Waals surface area contributed by atoms with E-state index in [1.807, 2.05) is 0 Å². The van der Waals surface area contributed by atoms with Gasteiger partial charge in [-0.05, 0) is 19.3 Å². The molecule has 16 heavy (non-hydrogen) atoms. The lowest BCUT2D eigenvalue weighted by molar-refractivity contribution is 0.102. The second-order valence-corrected chi connectivity index (χ2v) is 4.29. The van der Waals surface area contributed by atoms with Crippen molar-refractivity contribution < 1.29 is 4.74 Å². The van der Waals surface area contributed by atoms with Crippen molar-refractivity contribution in [2.75, 3.05) is 10.7 Å². The molecule has 0 radical (unpaired) electrons. The van der Waals surface area contributed by atoms with Gasteiger partial charge in [-0.3, -0.25) is 0 Å². The van der Waals surface area contributed by atoms with Gasteiger partial charge in [-0.15, -0.1) is 0 Å². The molecule has 0 amide bonds. The van der Waals surface area contributed by atoms with Crippen LogP contribution in [0.25, 0.3) is 0 Å². The standard InChI is InChI=1S/C10H15N5O/c11-15-10-4-9(12-5-13-10)14-7-3-6-1-2-8(7)16-6/h4-8H,1-3,11H2,(H2,12,13,14,15). The monoisotopic (exact) mass is 221 g/mol. The van der Waals surface area contributed by atoms with E-state index in [1.54, 1.807) is 6.07 Å². The van der Waals surface area contributed by atoms with Crippen molar-refractivity contribution in [3.63, 3.8) is 0 Å². The molecule has 4 N–H and O–H groups in total. The van der Waals surface area contributed by atoms with Gasteiger partial charge >= 0.3 is 0 Å². The highest BCUT2D eigenvalue weighted by atomic mass is 16.5. The van der Waals surface area contributed by atoms with Gasteiger partial charge in [0.25, 0.3) is 0 Å². The average Bonchev–Trinajstić information content (AvgIpc) is 2.91. The summed E-state index contributed by atoms with van der Waals surface area (Å²) in [5.41, 5.74) is 2.50. The normalized spacial score (nSPS) is 31.7. The number of nitrogens with two attached hydrogens (primary N) is 1. The fourth-order valence-electron chi connectivity index (χ4n) is 2.49. The quantitative estimate of drug-likeness (QED) is 0.509. The molecule has 3 unspecified atom stereocenters. The number of nitrogens with one attached hydrogen (secondary N) is 2. The summed E-state index contributed by atoms with van der Waals surface area (Å²) in [6.07, 6.45) is 5.69. The van der Waals surface area contributed by atoms with E-state index < -0.39 is 0 Å². The molecule has 0 saturated carbocycles. The molecule has 3 rings (SSSR count). The third-order valence-corrected chi connectivity index (χ3v) is 3.25. The lowest BCUT2D eigenvalue weighted by Gasteiger charge is -2.20. The molecule has 1 aromatic heterocycles. The lowest BCUT2D eigenvalue weighted by atomic mass is 9.95. The van der Waals surface area contributed by atoms with Gasteiger partial charge in [-0.25, -0.2) is 15.8 Å². The molecule has 2 fully saturated rings. The van der Waals surface area contributed by atoms with Gasteiger partial charge in [0.1, 0.15) is 18.0 Å². The molecule has 0 aromatic carbocycles. The first-order chi connectivity index (χ1) is 7.85. The second-order valence-electron chi connectivity index (χ2n) is 4.29. The van der Waals surface area contributed by atoms with Crippen molar-refractivity contribution in [2.45, 2.75) is 37.5 Å². The van der Waals surface area contributed by atoms with Crippen LogP contribution in [0.3, 0.4) is 0 Å². The van der Waals surface area contributed by atoms with Crippen LogP contribution in [0.2, 0.25) is 0 Å². The van der Waals surface area contributed by atoms with Gasteiger partial charge < -0.3 is 15.5 Å². The molecule has 0 spiro atoms. The van der Waals surface area contributed by atoms with Crippen LogP contribution in [-0.4, -0.2) is 28.2 Å². The highest BCUT2D eigenvalue weighted by Gasteiger charge is 2.40. The molecule has 0 aliphatic carbocycles. The molecular weight excluding hydrogens is 206 g/mol. The van der Waals surface area contributed by atoms with Crippen molar-refractivity contribution in [1.82, 2.24) is 9.97 Å². The fraction of sp³-hybridized carbons (Fsp3) is 0.600. The predicted molar refractivity (Wildman–Crippen MR) is 59.8 cm³/mol. The number of aromatic nitrogens is 2. The number of nitrogen functional groups attached to an aromatic ring is 1. The van der Waals surface area contributed by atoms with Gasteiger partial charge in [0, 0.05) is 6.07 Å². The zero-order valence-corrected chi connectivity index (χ0v) is 8.89. The predicted octanol–water partition coefficient (Wildman–Crippen LogP) is 0.494. The molecule has 1 aromatic rings. The highest BCUT2D eigenvalue weighted by molar-refractivity contribution is 5.46. The minimum absolute atomic E-state index is 0.342. The minimum atomic E-state index is 0.342. The van der Waals surface area contributed by atoms with Crippen molar-refractivity contribution in [3.8, 4) is 0 Å². The van der Waals surface area contributed by atoms with Gasteiger partial charge in [-0.2, -0.15) is 0 Å². The first-order valence-electron chi connectivity index (χ1n) is 5.56. The number of nitrogens with zero attached hydrogens (tertiary/aromatic N) is 2. The summed E-state index contributed by atoms with van der Waals surface area (Å²) in [6, 6.07) is 2.17. The van der Waals surface area contributed by atoms with Crippen molar-refractivity contribution >= 4 is 11.6 Å². The van der Waals surface area contributed by atoms with Crippen molar-refractivity contribution in [2.24, 2.45) is 5.84 Å². The summed E-state index contributed by atoms with van der Waals surface area (Å²) in [5, 5.41) is 3.38. The molecule has 3 atom stereocenters. The third kappa shape index (κ3) is 1.70. The Kier molecular flexibility index (Phi) is 2.37. The van der Waals surface area contributed by atoms with Crippen LogP contribution < -0.4 is 16.6 Å². The Morgan fingerprint density at radius 3 is 2.88 bits per heavy atom. The number of fused-ring (bicyclic) bond motifs is 2. The highest BCUT2D eigenvalue weighted by Crippen LogP contribution is 2.35. The number of ether oxygens (including phenoxy) is 1. The average molecular weight is 221 g/mol. The SMILES string of the molecule is NNc1cc(NC2CC3CCC2O3)ncn1. The smallest absolute Gasteiger partial charge is 0.145 e. The zero-order valence-electron chi connectivity index (χ0n) is 8.89. The van der Waals surface area contributed by atoms with Crippen LogP contribution in [0.1, 0.15) is 19.3 Å². The summed E-state index contributed by atoms with van der Waals surface area (Å²) in [4.78, 5) is 8.12. The number of anilines is 2. The minimum Gasteiger partial charge on any atom is -0.373 e. The maximum Gasteiger partial charge on any atom is 0.145 e. The lowest BCUT2D eigenvalue weighted by Crippen LogP contribution is -2.30. The molecular formula is C10H15N5O. The number of hydrogen-bond acceptors (Lipinski definition) is 6. The van der Waals surface area contributed by atoms with Crippen molar-refractivity contribution in [1.29, 1.82) is 0 Å². The third-order valence-electron chi connectivity index (χ3n) is 3.25. The summed E-state index contributed by atoms with van der Waals surface area (Å²) in [5.74, 6) is 6.70. The van der Waals surface area contributed by atoms with Gasteiger partial charge in [0.05, 0.1) is 18.2 Å². The summed E-state index contributed by atoms with van der Waals surface area (Å²) >= 11 is 0. The van der Waals surface area contributed by atoms with Crippen LogP contribution in [0.4, 0.5) is 11.6 Å². The molecule has 2 aliphatic rings. The van der Waals surface area contributed by atoms with Gasteiger partial charge in [0.15, 0.2) is 0 Å². The second kappa shape index (κ2) is 3.88. The fourth-order valence-corrected chi connectivity index (χ4v) is 2.49. The molecule has 3 heterocycles. The molecule has 2 saturated heterocycles.